The molecule has 6 nitrogen and oxygen atoms in total. The first kappa shape index (κ1) is 18.8. The van der Waals surface area contributed by atoms with Crippen LogP contribution in [0.3, 0.4) is 0 Å². The van der Waals surface area contributed by atoms with Crippen molar-refractivity contribution in [2.24, 2.45) is 0 Å². The van der Waals surface area contributed by atoms with Gasteiger partial charge in [-0.3, -0.25) is 0 Å². The quantitative estimate of drug-likeness (QED) is 0.479. The zero-order chi connectivity index (χ0) is 20.5. The minimum Gasteiger partial charge on any atom is -0.489 e. The number of anilines is 1. The van der Waals surface area contributed by atoms with Crippen molar-refractivity contribution in [2.45, 2.75) is 18.9 Å². The van der Waals surface area contributed by atoms with Gasteiger partial charge in [-0.05, 0) is 36.4 Å². The number of piperidine rings is 1. The van der Waals surface area contributed by atoms with E-state index in [-0.39, 0.29) is 11.9 Å². The van der Waals surface area contributed by atoms with Gasteiger partial charge >= 0.3 is 0 Å². The summed E-state index contributed by atoms with van der Waals surface area (Å²) in [5.74, 6) is 1.56. The first-order valence-corrected chi connectivity index (χ1v) is 10.2. The second-order valence-electron chi connectivity index (χ2n) is 7.20. The third-order valence-corrected chi connectivity index (χ3v) is 5.57. The molecule has 1 aliphatic heterocycles. The molecule has 8 heteroatoms. The van der Waals surface area contributed by atoms with Gasteiger partial charge in [0, 0.05) is 25.9 Å². The number of rotatable bonds is 4. The molecule has 1 saturated heterocycles. The number of hydrogen-bond acceptors (Lipinski definition) is 5. The Hall–Kier alpha value is -3.19. The zero-order valence-electron chi connectivity index (χ0n) is 16.1. The molecule has 1 fully saturated rings. The van der Waals surface area contributed by atoms with Crippen molar-refractivity contribution in [3.63, 3.8) is 0 Å². The number of benzene rings is 2. The van der Waals surface area contributed by atoms with E-state index in [0.717, 1.165) is 37.5 Å². The van der Waals surface area contributed by atoms with Gasteiger partial charge in [0.15, 0.2) is 11.5 Å². The molecule has 1 aliphatic rings. The van der Waals surface area contributed by atoms with E-state index in [2.05, 4.69) is 20.2 Å². The topological polar surface area (TPSA) is 55.5 Å². The Balaban J connectivity index is 1.34. The number of ether oxygens (including phenoxy) is 1. The van der Waals surface area contributed by atoms with Crippen molar-refractivity contribution < 1.29 is 9.13 Å². The minimum atomic E-state index is -0.350. The zero-order valence-corrected chi connectivity index (χ0v) is 16.8. The highest BCUT2D eigenvalue weighted by Crippen LogP contribution is 2.28. The van der Waals surface area contributed by atoms with Gasteiger partial charge < -0.3 is 9.64 Å². The molecule has 0 atom stereocenters. The summed E-state index contributed by atoms with van der Waals surface area (Å²) in [6, 6.07) is 17.8. The molecular weight excluding hydrogens is 405 g/mol. The van der Waals surface area contributed by atoms with Gasteiger partial charge in [0.2, 0.25) is 0 Å². The Morgan fingerprint density at radius 2 is 1.70 bits per heavy atom. The van der Waals surface area contributed by atoms with Gasteiger partial charge in [0.1, 0.15) is 23.5 Å². The fourth-order valence-electron chi connectivity index (χ4n) is 3.68. The van der Waals surface area contributed by atoms with Gasteiger partial charge in [-0.2, -0.15) is 4.52 Å². The third kappa shape index (κ3) is 3.57. The molecule has 0 bridgehead atoms. The van der Waals surface area contributed by atoms with Crippen LogP contribution in [0.25, 0.3) is 17.0 Å². The SMILES string of the molecule is Fc1ccccc1-c1nnc2ccc(N3CCC(Oc4ccccc4Cl)CC3)nn12. The van der Waals surface area contributed by atoms with Crippen LogP contribution in [0.1, 0.15) is 12.8 Å². The van der Waals surface area contributed by atoms with Crippen LogP contribution in [0.2, 0.25) is 5.02 Å². The van der Waals surface area contributed by atoms with E-state index in [9.17, 15) is 4.39 Å². The summed E-state index contributed by atoms with van der Waals surface area (Å²) in [6.07, 6.45) is 1.81. The minimum absolute atomic E-state index is 0.105. The van der Waals surface area contributed by atoms with Gasteiger partial charge in [-0.25, -0.2) is 4.39 Å². The molecular formula is C22H19ClFN5O. The average molecular weight is 424 g/mol. The highest BCUT2D eigenvalue weighted by atomic mass is 35.5. The van der Waals surface area contributed by atoms with Crippen LogP contribution in [0.5, 0.6) is 5.75 Å². The van der Waals surface area contributed by atoms with E-state index in [1.165, 1.54) is 6.07 Å². The molecule has 152 valence electrons. The Kier molecular flexibility index (Phi) is 4.96. The number of para-hydroxylation sites is 1. The number of aromatic nitrogens is 4. The normalized spacial score (nSPS) is 14.9. The van der Waals surface area contributed by atoms with E-state index in [4.69, 9.17) is 16.3 Å². The first-order valence-electron chi connectivity index (χ1n) is 9.82. The number of hydrogen-bond donors (Lipinski definition) is 0. The van der Waals surface area contributed by atoms with Gasteiger partial charge in [0.25, 0.3) is 0 Å². The lowest BCUT2D eigenvalue weighted by Crippen LogP contribution is -2.38. The second kappa shape index (κ2) is 7.91. The predicted octanol–water partition coefficient (Wildman–Crippen LogP) is 4.63. The summed E-state index contributed by atoms with van der Waals surface area (Å²) < 4.78 is 21.9. The lowest BCUT2D eigenvalue weighted by atomic mass is 10.1. The number of fused-ring (bicyclic) bond motifs is 1. The van der Waals surface area contributed by atoms with Crippen molar-refractivity contribution in [3.05, 3.63) is 71.5 Å². The summed E-state index contributed by atoms with van der Waals surface area (Å²) in [5.41, 5.74) is 0.954. The van der Waals surface area contributed by atoms with Crippen LogP contribution < -0.4 is 9.64 Å². The summed E-state index contributed by atoms with van der Waals surface area (Å²) >= 11 is 6.20. The molecule has 0 aliphatic carbocycles. The monoisotopic (exact) mass is 423 g/mol. The average Bonchev–Trinajstić information content (AvgIpc) is 3.19. The highest BCUT2D eigenvalue weighted by Gasteiger charge is 2.23. The molecule has 0 N–H and O–H groups in total. The standard InChI is InChI=1S/C22H19ClFN5O/c23-17-6-2-4-8-19(17)30-15-11-13-28(14-12-15)21-10-9-20-25-26-22(29(20)27-21)16-5-1-3-7-18(16)24/h1-10,15H,11-14H2. The number of halogens is 2. The van der Waals surface area contributed by atoms with Crippen molar-refractivity contribution in [1.82, 2.24) is 19.8 Å². The second-order valence-corrected chi connectivity index (χ2v) is 7.61. The molecule has 2 aromatic heterocycles. The fraction of sp³-hybridized carbons (Fsp3) is 0.227. The van der Waals surface area contributed by atoms with Gasteiger partial charge in [-0.1, -0.05) is 35.9 Å². The van der Waals surface area contributed by atoms with Crippen molar-refractivity contribution in [1.29, 1.82) is 0 Å². The number of nitrogens with zero attached hydrogens (tertiary/aromatic N) is 5. The third-order valence-electron chi connectivity index (χ3n) is 5.26. The molecule has 30 heavy (non-hydrogen) atoms. The van der Waals surface area contributed by atoms with Gasteiger partial charge in [0.05, 0.1) is 10.6 Å². The van der Waals surface area contributed by atoms with E-state index >= 15 is 0 Å². The summed E-state index contributed by atoms with van der Waals surface area (Å²) in [7, 11) is 0. The van der Waals surface area contributed by atoms with Crippen molar-refractivity contribution >= 4 is 23.1 Å². The summed E-state index contributed by atoms with van der Waals surface area (Å²) in [5, 5.41) is 13.6. The maximum Gasteiger partial charge on any atom is 0.188 e. The Labute approximate surface area is 177 Å². The van der Waals surface area contributed by atoms with Gasteiger partial charge in [-0.15, -0.1) is 15.3 Å². The molecule has 0 amide bonds. The molecule has 0 unspecified atom stereocenters. The van der Waals surface area contributed by atoms with Crippen LogP contribution in [0.15, 0.2) is 60.7 Å². The van der Waals surface area contributed by atoms with Crippen LogP contribution in [0, 0.1) is 5.82 Å². The Bertz CT molecular complexity index is 1190. The van der Waals surface area contributed by atoms with Crippen LogP contribution >= 0.6 is 11.6 Å². The Morgan fingerprint density at radius 3 is 2.50 bits per heavy atom. The molecule has 0 radical (unpaired) electrons. The lowest BCUT2D eigenvalue weighted by Gasteiger charge is -2.33. The summed E-state index contributed by atoms with van der Waals surface area (Å²) in [6.45, 7) is 1.59. The highest BCUT2D eigenvalue weighted by molar-refractivity contribution is 6.32. The van der Waals surface area contributed by atoms with Crippen LogP contribution in [-0.2, 0) is 0 Å². The summed E-state index contributed by atoms with van der Waals surface area (Å²) in [4.78, 5) is 2.19. The maximum atomic E-state index is 14.2. The molecule has 5 rings (SSSR count). The molecule has 3 heterocycles. The van der Waals surface area contributed by atoms with E-state index in [1.54, 1.807) is 22.7 Å². The first-order chi connectivity index (χ1) is 14.7. The van der Waals surface area contributed by atoms with E-state index in [0.29, 0.717) is 22.1 Å². The predicted molar refractivity (Wildman–Crippen MR) is 113 cm³/mol. The van der Waals surface area contributed by atoms with Crippen LogP contribution in [-0.4, -0.2) is 39.0 Å². The Morgan fingerprint density at radius 1 is 0.933 bits per heavy atom. The fourth-order valence-corrected chi connectivity index (χ4v) is 3.86. The molecule has 0 saturated carbocycles. The molecule has 4 aromatic rings. The maximum absolute atomic E-state index is 14.2. The molecule has 0 spiro atoms. The van der Waals surface area contributed by atoms with Crippen molar-refractivity contribution in [2.75, 3.05) is 18.0 Å². The lowest BCUT2D eigenvalue weighted by molar-refractivity contribution is 0.171. The van der Waals surface area contributed by atoms with Crippen LogP contribution in [0.4, 0.5) is 10.2 Å². The van der Waals surface area contributed by atoms with E-state index in [1.807, 2.05) is 36.4 Å². The largest absolute Gasteiger partial charge is 0.489 e. The molecule has 2 aromatic carbocycles. The van der Waals surface area contributed by atoms with Crippen molar-refractivity contribution in [3.8, 4) is 17.1 Å². The smallest absolute Gasteiger partial charge is 0.188 e. The van der Waals surface area contributed by atoms with E-state index < -0.39 is 0 Å².